The zero-order valence-corrected chi connectivity index (χ0v) is 14.9. The molecular formula is C15H15ClF2N4O3S. The average Bonchev–Trinajstić information content (AvgIpc) is 2.54. The number of halogens is 3. The van der Waals surface area contributed by atoms with E-state index in [4.69, 9.17) is 21.9 Å². The lowest BCUT2D eigenvalue weighted by atomic mass is 10.0. The van der Waals surface area contributed by atoms with Crippen LogP contribution in [0.2, 0.25) is 5.02 Å². The molecule has 0 aliphatic carbocycles. The van der Waals surface area contributed by atoms with Gasteiger partial charge in [0.05, 0.1) is 0 Å². The Morgan fingerprint density at radius 1 is 1.27 bits per heavy atom. The molecule has 2 rings (SSSR count). The minimum absolute atomic E-state index is 0.0270. The van der Waals surface area contributed by atoms with Crippen molar-refractivity contribution in [1.82, 2.24) is 9.97 Å². The van der Waals surface area contributed by atoms with Gasteiger partial charge in [-0.15, -0.1) is 0 Å². The number of aromatic nitrogens is 2. The Bertz CT molecular complexity index is 939. The van der Waals surface area contributed by atoms with Gasteiger partial charge >= 0.3 is 6.08 Å². The Morgan fingerprint density at radius 3 is 2.62 bits per heavy atom. The van der Waals surface area contributed by atoms with E-state index >= 15 is 0 Å². The molecule has 1 heterocycles. The van der Waals surface area contributed by atoms with E-state index in [-0.39, 0.29) is 18.9 Å². The lowest BCUT2D eigenvalue weighted by Crippen LogP contribution is -2.09. The topological polar surface area (TPSA) is 118 Å². The first-order valence-corrected chi connectivity index (χ1v) is 9.25. The molecule has 7 nitrogen and oxygen atoms in total. The fraction of sp³-hybridized carbons (Fsp3) is 0.200. The van der Waals surface area contributed by atoms with Crippen LogP contribution < -0.4 is 11.1 Å². The zero-order chi connectivity index (χ0) is 19.3. The van der Waals surface area contributed by atoms with Crippen LogP contribution in [0.25, 0.3) is 6.08 Å². The number of hydrogen-bond acceptors (Lipinski definition) is 6. The fourth-order valence-corrected chi connectivity index (χ4v) is 3.03. The fourth-order valence-electron chi connectivity index (χ4n) is 2.23. The third-order valence-electron chi connectivity index (χ3n) is 3.28. The molecule has 0 fully saturated rings. The van der Waals surface area contributed by atoms with Crippen molar-refractivity contribution >= 4 is 33.6 Å². The zero-order valence-electron chi connectivity index (χ0n) is 13.3. The van der Waals surface area contributed by atoms with Gasteiger partial charge in [0.15, 0.2) is 5.82 Å². The van der Waals surface area contributed by atoms with Gasteiger partial charge in [0.1, 0.15) is 10.8 Å². The SMILES string of the molecule is NC/C=C\c1c(CNc2nc(F)nc(F)c2Cl)cccc1CS(=O)(=O)O. The molecule has 140 valence electrons. The summed E-state index contributed by atoms with van der Waals surface area (Å²) in [5, 5.41) is 2.20. The van der Waals surface area contributed by atoms with Crippen LogP contribution in [0.5, 0.6) is 0 Å². The molecular weight excluding hydrogens is 390 g/mol. The molecule has 0 saturated carbocycles. The maximum Gasteiger partial charge on any atom is 0.313 e. The third kappa shape index (κ3) is 5.43. The van der Waals surface area contributed by atoms with Crippen molar-refractivity contribution in [3.8, 4) is 0 Å². The van der Waals surface area contributed by atoms with Crippen molar-refractivity contribution in [2.45, 2.75) is 12.3 Å². The maximum atomic E-state index is 13.4. The molecule has 2 aromatic rings. The summed E-state index contributed by atoms with van der Waals surface area (Å²) in [6.45, 7) is 0.237. The number of nitrogens with zero attached hydrogens (tertiary/aromatic N) is 2. The summed E-state index contributed by atoms with van der Waals surface area (Å²) in [4.78, 5) is 6.25. The second-order valence-electron chi connectivity index (χ2n) is 5.15. The van der Waals surface area contributed by atoms with Crippen LogP contribution in [0, 0.1) is 12.0 Å². The van der Waals surface area contributed by atoms with Crippen LogP contribution in [0.15, 0.2) is 24.3 Å². The molecule has 0 unspecified atom stereocenters. The highest BCUT2D eigenvalue weighted by atomic mass is 35.5. The van der Waals surface area contributed by atoms with E-state index in [0.717, 1.165) is 0 Å². The Labute approximate surface area is 153 Å². The van der Waals surface area contributed by atoms with Gasteiger partial charge in [-0.25, -0.2) is 0 Å². The van der Waals surface area contributed by atoms with Gasteiger partial charge in [0, 0.05) is 13.1 Å². The van der Waals surface area contributed by atoms with Gasteiger partial charge in [-0.3, -0.25) is 4.55 Å². The first-order chi connectivity index (χ1) is 12.2. The minimum Gasteiger partial charge on any atom is -0.364 e. The number of hydrogen-bond donors (Lipinski definition) is 3. The Morgan fingerprint density at radius 2 is 1.96 bits per heavy atom. The van der Waals surface area contributed by atoms with E-state index in [1.165, 1.54) is 6.07 Å². The van der Waals surface area contributed by atoms with Crippen molar-refractivity contribution in [1.29, 1.82) is 0 Å². The predicted molar refractivity (Wildman–Crippen MR) is 94.1 cm³/mol. The predicted octanol–water partition coefficient (Wildman–Crippen LogP) is 2.38. The van der Waals surface area contributed by atoms with Crippen molar-refractivity contribution in [2.75, 3.05) is 11.9 Å². The van der Waals surface area contributed by atoms with Gasteiger partial charge in [-0.1, -0.05) is 42.0 Å². The molecule has 0 radical (unpaired) electrons. The molecule has 0 saturated heterocycles. The van der Waals surface area contributed by atoms with Gasteiger partial charge < -0.3 is 11.1 Å². The van der Waals surface area contributed by atoms with Crippen LogP contribution in [-0.2, 0) is 22.4 Å². The molecule has 1 aromatic heterocycles. The van der Waals surface area contributed by atoms with Crippen LogP contribution >= 0.6 is 11.6 Å². The number of nitrogens with one attached hydrogen (secondary N) is 1. The molecule has 0 aliphatic rings. The average molecular weight is 405 g/mol. The molecule has 4 N–H and O–H groups in total. The molecule has 0 atom stereocenters. The van der Waals surface area contributed by atoms with Crippen molar-refractivity contribution in [3.05, 3.63) is 58.0 Å². The Balaban J connectivity index is 2.37. The second kappa shape index (κ2) is 8.49. The number of rotatable bonds is 7. The summed E-state index contributed by atoms with van der Waals surface area (Å²) in [5.41, 5.74) is 6.84. The highest BCUT2D eigenvalue weighted by molar-refractivity contribution is 7.85. The maximum absolute atomic E-state index is 13.4. The quantitative estimate of drug-likeness (QED) is 0.368. The van der Waals surface area contributed by atoms with Gasteiger partial charge in [-0.05, 0) is 16.7 Å². The first-order valence-electron chi connectivity index (χ1n) is 7.26. The summed E-state index contributed by atoms with van der Waals surface area (Å²) in [6, 6.07) is 4.78. The van der Waals surface area contributed by atoms with Crippen molar-refractivity contribution in [2.24, 2.45) is 5.73 Å². The monoisotopic (exact) mass is 404 g/mol. The van der Waals surface area contributed by atoms with Crippen LogP contribution in [0.3, 0.4) is 0 Å². The van der Waals surface area contributed by atoms with E-state index in [2.05, 4.69) is 15.3 Å². The Hall–Kier alpha value is -2.14. The second-order valence-corrected chi connectivity index (χ2v) is 6.98. The van der Waals surface area contributed by atoms with E-state index in [1.807, 2.05) is 0 Å². The highest BCUT2D eigenvalue weighted by Gasteiger charge is 2.15. The molecule has 0 amide bonds. The number of anilines is 1. The summed E-state index contributed by atoms with van der Waals surface area (Å²) in [5.74, 6) is -2.04. The van der Waals surface area contributed by atoms with Crippen molar-refractivity contribution in [3.63, 3.8) is 0 Å². The largest absolute Gasteiger partial charge is 0.364 e. The number of benzene rings is 1. The van der Waals surface area contributed by atoms with Crippen LogP contribution in [0.4, 0.5) is 14.6 Å². The standard InChI is InChI=1S/C15H15ClF2N4O3S/c16-12-13(17)21-15(18)22-14(12)20-7-9-3-1-4-10(8-26(23,24)25)11(9)5-2-6-19/h1-5H,6-8,19H2,(H,20,21,22)(H,23,24,25)/b5-2-. The first kappa shape index (κ1) is 20.2. The third-order valence-corrected chi connectivity index (χ3v) is 4.29. The minimum atomic E-state index is -4.25. The molecule has 0 aliphatic heterocycles. The molecule has 1 aromatic carbocycles. The van der Waals surface area contributed by atoms with E-state index in [0.29, 0.717) is 16.7 Å². The molecule has 26 heavy (non-hydrogen) atoms. The van der Waals surface area contributed by atoms with Crippen LogP contribution in [-0.4, -0.2) is 29.5 Å². The van der Waals surface area contributed by atoms with Gasteiger partial charge in [-0.2, -0.15) is 27.2 Å². The Kier molecular flexibility index (Phi) is 6.59. The lowest BCUT2D eigenvalue weighted by molar-refractivity contribution is 0.481. The highest BCUT2D eigenvalue weighted by Crippen LogP contribution is 2.24. The lowest BCUT2D eigenvalue weighted by Gasteiger charge is -2.13. The summed E-state index contributed by atoms with van der Waals surface area (Å²) in [7, 11) is -4.25. The van der Waals surface area contributed by atoms with E-state index < -0.39 is 32.9 Å². The molecule has 0 spiro atoms. The van der Waals surface area contributed by atoms with Gasteiger partial charge in [0.2, 0.25) is 5.95 Å². The van der Waals surface area contributed by atoms with Crippen molar-refractivity contribution < 1.29 is 21.8 Å². The summed E-state index contributed by atoms with van der Waals surface area (Å²) >= 11 is 5.70. The number of nitrogens with two attached hydrogens (primary N) is 1. The molecule has 0 bridgehead atoms. The smallest absolute Gasteiger partial charge is 0.313 e. The van der Waals surface area contributed by atoms with Crippen LogP contribution in [0.1, 0.15) is 16.7 Å². The summed E-state index contributed by atoms with van der Waals surface area (Å²) < 4.78 is 58.1. The molecule has 11 heteroatoms. The normalized spacial score (nSPS) is 11.9. The van der Waals surface area contributed by atoms with Gasteiger partial charge in [0.25, 0.3) is 10.1 Å². The van der Waals surface area contributed by atoms with E-state index in [9.17, 15) is 17.2 Å². The summed E-state index contributed by atoms with van der Waals surface area (Å²) in [6.07, 6.45) is 1.92. The van der Waals surface area contributed by atoms with E-state index in [1.54, 1.807) is 24.3 Å².